The molecule has 7 nitrogen and oxygen atoms in total. The van der Waals surface area contributed by atoms with E-state index in [2.05, 4.69) is 5.32 Å². The minimum atomic E-state index is -0.479. The van der Waals surface area contributed by atoms with E-state index in [-0.39, 0.29) is 28.8 Å². The van der Waals surface area contributed by atoms with Crippen molar-refractivity contribution in [2.45, 2.75) is 84.2 Å². The lowest BCUT2D eigenvalue weighted by molar-refractivity contribution is 0.0494. The quantitative estimate of drug-likeness (QED) is 0.200. The Kier molecular flexibility index (Phi) is 10.6. The summed E-state index contributed by atoms with van der Waals surface area (Å²) in [6.07, 6.45) is 9.18. The molecule has 0 heterocycles. The van der Waals surface area contributed by atoms with E-state index in [0.717, 1.165) is 44.9 Å². The molecule has 7 heteroatoms. The number of nitrogens with one attached hydrogen (secondary N) is 1. The number of fused-ring (bicyclic) bond motifs is 2. The van der Waals surface area contributed by atoms with Gasteiger partial charge in [-0.15, -0.1) is 0 Å². The molecular formula is C31H39NO6. The van der Waals surface area contributed by atoms with Gasteiger partial charge in [-0.05, 0) is 51.8 Å². The summed E-state index contributed by atoms with van der Waals surface area (Å²) < 4.78 is 10.6. The van der Waals surface area contributed by atoms with Crippen LogP contribution in [0.15, 0.2) is 42.5 Å². The molecule has 0 bridgehead atoms. The highest BCUT2D eigenvalue weighted by atomic mass is 16.6. The van der Waals surface area contributed by atoms with E-state index in [1.807, 2.05) is 20.8 Å². The van der Waals surface area contributed by atoms with E-state index in [1.165, 1.54) is 18.9 Å². The Morgan fingerprint density at radius 2 is 1.24 bits per heavy atom. The topological polar surface area (TPSA) is 98.8 Å². The second-order valence-electron chi connectivity index (χ2n) is 10.7. The average molecular weight is 522 g/mol. The van der Waals surface area contributed by atoms with Crippen LogP contribution in [0.1, 0.15) is 121 Å². The van der Waals surface area contributed by atoms with Gasteiger partial charge < -0.3 is 14.8 Å². The SMILES string of the molecule is CC(C)(C)OC(=O)NCCCCCCCCCCCOC(=O)c1ccc2c(c1)C(=O)c1ccccc1C2=O. The molecule has 1 N–H and O–H groups in total. The number of carbonyl (C=O) groups is 4. The van der Waals surface area contributed by atoms with Gasteiger partial charge in [0.05, 0.1) is 12.2 Å². The fourth-order valence-electron chi connectivity index (χ4n) is 4.44. The maximum Gasteiger partial charge on any atom is 0.407 e. The normalized spacial score (nSPS) is 12.5. The van der Waals surface area contributed by atoms with Crippen LogP contribution in [0.4, 0.5) is 4.79 Å². The highest BCUT2D eigenvalue weighted by molar-refractivity contribution is 6.28. The molecular weight excluding hydrogens is 482 g/mol. The van der Waals surface area contributed by atoms with Crippen molar-refractivity contribution in [2.24, 2.45) is 0 Å². The van der Waals surface area contributed by atoms with Gasteiger partial charge in [-0.1, -0.05) is 69.2 Å². The molecule has 0 saturated carbocycles. The minimum absolute atomic E-state index is 0.203. The zero-order chi connectivity index (χ0) is 27.5. The number of ether oxygens (including phenoxy) is 2. The highest BCUT2D eigenvalue weighted by Crippen LogP contribution is 2.28. The fraction of sp³-hybridized carbons (Fsp3) is 0.484. The van der Waals surface area contributed by atoms with Crippen LogP contribution in [0.5, 0.6) is 0 Å². The highest BCUT2D eigenvalue weighted by Gasteiger charge is 2.30. The van der Waals surface area contributed by atoms with Crippen LogP contribution in [0.3, 0.4) is 0 Å². The fourth-order valence-corrected chi connectivity index (χ4v) is 4.44. The van der Waals surface area contributed by atoms with Crippen LogP contribution in [0.2, 0.25) is 0 Å². The number of ketones is 2. The molecule has 0 saturated heterocycles. The molecule has 2 aromatic carbocycles. The van der Waals surface area contributed by atoms with Crippen molar-refractivity contribution in [3.8, 4) is 0 Å². The molecule has 0 aromatic heterocycles. The maximum absolute atomic E-state index is 12.8. The van der Waals surface area contributed by atoms with Gasteiger partial charge >= 0.3 is 12.1 Å². The zero-order valence-corrected chi connectivity index (χ0v) is 22.8. The lowest BCUT2D eigenvalue weighted by Crippen LogP contribution is -2.32. The molecule has 0 radical (unpaired) electrons. The predicted molar refractivity (Wildman–Crippen MR) is 146 cm³/mol. The third-order valence-electron chi connectivity index (χ3n) is 6.38. The molecule has 204 valence electrons. The van der Waals surface area contributed by atoms with E-state index in [9.17, 15) is 19.2 Å². The summed E-state index contributed by atoms with van der Waals surface area (Å²) in [4.78, 5) is 49.6. The van der Waals surface area contributed by atoms with E-state index in [0.29, 0.717) is 29.8 Å². The lowest BCUT2D eigenvalue weighted by Gasteiger charge is -2.19. The summed E-state index contributed by atoms with van der Waals surface area (Å²) in [6, 6.07) is 11.3. The lowest BCUT2D eigenvalue weighted by atomic mass is 9.83. The number of hydrogen-bond donors (Lipinski definition) is 1. The van der Waals surface area contributed by atoms with Gasteiger partial charge in [-0.2, -0.15) is 0 Å². The van der Waals surface area contributed by atoms with Gasteiger partial charge in [0, 0.05) is 28.8 Å². The Morgan fingerprint density at radius 1 is 0.711 bits per heavy atom. The first kappa shape index (κ1) is 29.1. The summed E-state index contributed by atoms with van der Waals surface area (Å²) >= 11 is 0. The number of hydrogen-bond acceptors (Lipinski definition) is 6. The molecule has 1 aliphatic rings. The van der Waals surface area contributed by atoms with Crippen molar-refractivity contribution >= 4 is 23.6 Å². The van der Waals surface area contributed by atoms with Crippen LogP contribution in [0.25, 0.3) is 0 Å². The first-order chi connectivity index (χ1) is 18.2. The third-order valence-corrected chi connectivity index (χ3v) is 6.38. The number of esters is 1. The Morgan fingerprint density at radius 3 is 1.84 bits per heavy atom. The molecule has 0 unspecified atom stereocenters. The second-order valence-corrected chi connectivity index (χ2v) is 10.7. The number of amides is 1. The number of carbonyl (C=O) groups excluding carboxylic acids is 4. The number of benzene rings is 2. The molecule has 2 aromatic rings. The Bertz CT molecular complexity index is 1150. The Balaban J connectivity index is 1.24. The Hall–Kier alpha value is -3.48. The minimum Gasteiger partial charge on any atom is -0.462 e. The van der Waals surface area contributed by atoms with Gasteiger partial charge in [0.15, 0.2) is 11.6 Å². The third kappa shape index (κ3) is 8.54. The van der Waals surface area contributed by atoms with E-state index in [4.69, 9.17) is 9.47 Å². The molecule has 1 aliphatic carbocycles. The van der Waals surface area contributed by atoms with Crippen molar-refractivity contribution in [3.05, 3.63) is 70.3 Å². The maximum atomic E-state index is 12.8. The van der Waals surface area contributed by atoms with E-state index >= 15 is 0 Å². The van der Waals surface area contributed by atoms with Crippen molar-refractivity contribution in [3.63, 3.8) is 0 Å². The number of alkyl carbamates (subject to hydrolysis) is 1. The summed E-state index contributed by atoms with van der Waals surface area (Å²) in [5.41, 5.74) is 1.15. The van der Waals surface area contributed by atoms with Gasteiger partial charge in [-0.25, -0.2) is 9.59 Å². The smallest absolute Gasteiger partial charge is 0.407 e. The Labute approximate surface area is 225 Å². The van der Waals surface area contributed by atoms with Crippen LogP contribution in [0, 0.1) is 0 Å². The first-order valence-electron chi connectivity index (χ1n) is 13.6. The van der Waals surface area contributed by atoms with Gasteiger partial charge in [0.2, 0.25) is 0 Å². The second kappa shape index (κ2) is 13.9. The molecule has 0 fully saturated rings. The van der Waals surface area contributed by atoms with Crippen molar-refractivity contribution in [1.82, 2.24) is 5.32 Å². The van der Waals surface area contributed by atoms with Gasteiger partial charge in [-0.3, -0.25) is 9.59 Å². The number of unbranched alkanes of at least 4 members (excludes halogenated alkanes) is 8. The van der Waals surface area contributed by atoms with Crippen LogP contribution < -0.4 is 5.32 Å². The van der Waals surface area contributed by atoms with Crippen molar-refractivity contribution < 1.29 is 28.7 Å². The number of rotatable bonds is 13. The van der Waals surface area contributed by atoms with Gasteiger partial charge in [0.25, 0.3) is 0 Å². The predicted octanol–water partition coefficient (Wildman–Crippen LogP) is 6.65. The van der Waals surface area contributed by atoms with E-state index < -0.39 is 11.6 Å². The van der Waals surface area contributed by atoms with Crippen LogP contribution in [-0.4, -0.2) is 42.4 Å². The van der Waals surface area contributed by atoms with Gasteiger partial charge in [0.1, 0.15) is 5.60 Å². The molecule has 0 spiro atoms. The molecule has 1 amide bonds. The summed E-state index contributed by atoms with van der Waals surface area (Å²) in [6.45, 7) is 6.52. The van der Waals surface area contributed by atoms with E-state index in [1.54, 1.807) is 36.4 Å². The standard InChI is InChI=1S/C31H39NO6/c1-31(2,3)38-30(36)32-19-13-9-7-5-4-6-8-10-14-20-37-29(35)22-17-18-25-26(21-22)28(34)24-16-12-11-15-23(24)27(25)33/h11-12,15-18,21H,4-10,13-14,19-20H2,1-3H3,(H,32,36). The molecule has 0 aliphatic heterocycles. The van der Waals surface area contributed by atoms with Crippen molar-refractivity contribution in [1.29, 1.82) is 0 Å². The summed E-state index contributed by atoms with van der Waals surface area (Å²) in [7, 11) is 0. The van der Waals surface area contributed by atoms with Crippen molar-refractivity contribution in [2.75, 3.05) is 13.2 Å². The van der Waals surface area contributed by atoms with Crippen LogP contribution >= 0.6 is 0 Å². The average Bonchev–Trinajstić information content (AvgIpc) is 2.88. The molecule has 38 heavy (non-hydrogen) atoms. The monoisotopic (exact) mass is 521 g/mol. The summed E-state index contributed by atoms with van der Waals surface area (Å²) in [5, 5.41) is 2.78. The van der Waals surface area contributed by atoms with Crippen LogP contribution in [-0.2, 0) is 9.47 Å². The molecule has 0 atom stereocenters. The summed E-state index contributed by atoms with van der Waals surface area (Å²) in [5.74, 6) is -0.930. The molecule has 3 rings (SSSR count). The first-order valence-corrected chi connectivity index (χ1v) is 13.6. The largest absolute Gasteiger partial charge is 0.462 e. The zero-order valence-electron chi connectivity index (χ0n) is 22.8.